The van der Waals surface area contributed by atoms with Crippen molar-refractivity contribution < 1.29 is 4.92 Å². The molecule has 0 bridgehead atoms. The molecule has 0 aliphatic carbocycles. The van der Waals surface area contributed by atoms with Gasteiger partial charge in [-0.3, -0.25) is 15.2 Å². The summed E-state index contributed by atoms with van der Waals surface area (Å²) >= 11 is 1.42. The van der Waals surface area contributed by atoms with Crippen molar-refractivity contribution in [1.82, 2.24) is 15.2 Å². The Balaban J connectivity index is 2.13. The van der Waals surface area contributed by atoms with Crippen LogP contribution in [-0.2, 0) is 0 Å². The smallest absolute Gasteiger partial charge is 0.270 e. The van der Waals surface area contributed by atoms with E-state index in [0.717, 1.165) is 5.01 Å². The predicted octanol–water partition coefficient (Wildman–Crippen LogP) is 1.98. The van der Waals surface area contributed by atoms with Gasteiger partial charge in [0.15, 0.2) is 0 Å². The van der Waals surface area contributed by atoms with Gasteiger partial charge < -0.3 is 5.73 Å². The Hall–Kier alpha value is -2.32. The summed E-state index contributed by atoms with van der Waals surface area (Å²) in [5.74, 6) is 0. The molecule has 0 saturated heterocycles. The van der Waals surface area contributed by atoms with Crippen LogP contribution >= 0.6 is 11.3 Å². The minimum Gasteiger partial charge on any atom is -0.317 e. The van der Waals surface area contributed by atoms with E-state index in [1.54, 1.807) is 12.3 Å². The number of nitro benzene ring substituents is 1. The second-order valence-electron chi connectivity index (χ2n) is 3.94. The number of hydrogen-bond donors (Lipinski definition) is 2. The van der Waals surface area contributed by atoms with Gasteiger partial charge in [0, 0.05) is 29.1 Å². The van der Waals surface area contributed by atoms with Crippen LogP contribution in [0.5, 0.6) is 0 Å². The molecule has 0 aliphatic rings. The largest absolute Gasteiger partial charge is 0.317 e. The summed E-state index contributed by atoms with van der Waals surface area (Å²) in [5, 5.41) is 21.0. The van der Waals surface area contributed by atoms with Crippen molar-refractivity contribution in [1.29, 1.82) is 0 Å². The molecule has 1 aromatic carbocycles. The number of H-pyrrole nitrogens is 1. The van der Waals surface area contributed by atoms with Gasteiger partial charge in [-0.2, -0.15) is 5.10 Å². The topological polar surface area (TPSA) is 111 Å². The minimum atomic E-state index is -0.490. The van der Waals surface area contributed by atoms with Gasteiger partial charge in [-0.1, -0.05) is 0 Å². The molecule has 3 aromatic rings. The predicted molar refractivity (Wildman–Crippen MR) is 70.9 cm³/mol. The van der Waals surface area contributed by atoms with Crippen LogP contribution in [0.4, 0.5) is 5.69 Å². The van der Waals surface area contributed by atoms with Gasteiger partial charge in [0.05, 0.1) is 16.1 Å². The number of benzene rings is 1. The van der Waals surface area contributed by atoms with E-state index in [4.69, 9.17) is 5.73 Å². The van der Waals surface area contributed by atoms with E-state index in [2.05, 4.69) is 15.2 Å². The Kier molecular flexibility index (Phi) is 2.73. The third kappa shape index (κ3) is 1.96. The molecule has 0 saturated carbocycles. The average Bonchev–Trinajstić information content (AvgIpc) is 3.06. The molecule has 2 aromatic heterocycles. The summed E-state index contributed by atoms with van der Waals surface area (Å²) in [4.78, 5) is 14.5. The van der Waals surface area contributed by atoms with E-state index in [1.807, 2.05) is 5.38 Å². The van der Waals surface area contributed by atoms with Crippen LogP contribution < -0.4 is 5.73 Å². The monoisotopic (exact) mass is 275 g/mol. The van der Waals surface area contributed by atoms with Crippen LogP contribution in [0.25, 0.3) is 10.9 Å². The van der Waals surface area contributed by atoms with E-state index in [9.17, 15) is 10.1 Å². The van der Waals surface area contributed by atoms with Crippen molar-refractivity contribution in [2.75, 3.05) is 0 Å². The zero-order valence-corrected chi connectivity index (χ0v) is 10.4. The summed E-state index contributed by atoms with van der Waals surface area (Å²) in [5.41, 5.74) is 7.39. The van der Waals surface area contributed by atoms with Crippen LogP contribution in [0.1, 0.15) is 16.7 Å². The first-order chi connectivity index (χ1) is 9.16. The van der Waals surface area contributed by atoms with Gasteiger partial charge in [-0.15, -0.1) is 11.3 Å². The lowest BCUT2D eigenvalue weighted by Crippen LogP contribution is -2.12. The Morgan fingerprint density at radius 2 is 2.32 bits per heavy atom. The summed E-state index contributed by atoms with van der Waals surface area (Å²) in [7, 11) is 0. The van der Waals surface area contributed by atoms with Crippen LogP contribution in [-0.4, -0.2) is 20.1 Å². The quantitative estimate of drug-likeness (QED) is 0.560. The molecule has 8 heteroatoms. The first-order valence-electron chi connectivity index (χ1n) is 5.44. The number of rotatable bonds is 3. The number of nitrogens with zero attached hydrogens (tertiary/aromatic N) is 3. The van der Waals surface area contributed by atoms with E-state index in [-0.39, 0.29) is 5.69 Å². The molecule has 0 radical (unpaired) electrons. The molecule has 96 valence electrons. The van der Waals surface area contributed by atoms with Gasteiger partial charge in [-0.25, -0.2) is 4.98 Å². The van der Waals surface area contributed by atoms with Crippen molar-refractivity contribution >= 4 is 27.9 Å². The third-order valence-corrected chi connectivity index (χ3v) is 3.66. The highest BCUT2D eigenvalue weighted by molar-refractivity contribution is 7.09. The van der Waals surface area contributed by atoms with E-state index in [0.29, 0.717) is 16.6 Å². The standard InChI is InChI=1S/C11H9N5O2S/c12-9(11-13-3-4-19-11)10-7-5-6(16(17)18)1-2-8(7)14-15-10/h1-5,9H,12H2,(H,14,15). The van der Waals surface area contributed by atoms with Crippen molar-refractivity contribution in [3.05, 3.63) is 50.6 Å². The molecule has 7 nitrogen and oxygen atoms in total. The highest BCUT2D eigenvalue weighted by atomic mass is 32.1. The number of non-ortho nitro benzene ring substituents is 1. The number of hydrogen-bond acceptors (Lipinski definition) is 6. The fourth-order valence-electron chi connectivity index (χ4n) is 1.88. The molecule has 0 aliphatic heterocycles. The Morgan fingerprint density at radius 3 is 3.00 bits per heavy atom. The summed E-state index contributed by atoms with van der Waals surface area (Å²) in [6.45, 7) is 0. The molecule has 3 rings (SSSR count). The second kappa shape index (κ2) is 4.41. The van der Waals surface area contributed by atoms with E-state index in [1.165, 1.54) is 23.5 Å². The van der Waals surface area contributed by atoms with E-state index < -0.39 is 11.0 Å². The summed E-state index contributed by atoms with van der Waals surface area (Å²) in [6, 6.07) is 4.04. The first-order valence-corrected chi connectivity index (χ1v) is 6.32. The van der Waals surface area contributed by atoms with Crippen LogP contribution in [0.2, 0.25) is 0 Å². The highest BCUT2D eigenvalue weighted by Gasteiger charge is 2.19. The number of thiazole rings is 1. The number of aromatic amines is 1. The maximum atomic E-state index is 10.8. The number of nitrogens with two attached hydrogens (primary N) is 1. The van der Waals surface area contributed by atoms with Crippen molar-refractivity contribution in [3.8, 4) is 0 Å². The summed E-state index contributed by atoms with van der Waals surface area (Å²) in [6.07, 6.45) is 1.66. The number of nitro groups is 1. The van der Waals surface area contributed by atoms with Crippen molar-refractivity contribution in [3.63, 3.8) is 0 Å². The Morgan fingerprint density at radius 1 is 1.47 bits per heavy atom. The molecule has 0 spiro atoms. The molecule has 2 heterocycles. The minimum absolute atomic E-state index is 0.0153. The molecule has 1 unspecified atom stereocenters. The fraction of sp³-hybridized carbons (Fsp3) is 0.0909. The van der Waals surface area contributed by atoms with Gasteiger partial charge in [0.2, 0.25) is 0 Å². The van der Waals surface area contributed by atoms with Crippen LogP contribution in [0, 0.1) is 10.1 Å². The number of fused-ring (bicyclic) bond motifs is 1. The maximum absolute atomic E-state index is 10.8. The molecule has 0 amide bonds. The summed E-state index contributed by atoms with van der Waals surface area (Å²) < 4.78 is 0. The zero-order chi connectivity index (χ0) is 13.4. The van der Waals surface area contributed by atoms with Crippen LogP contribution in [0.15, 0.2) is 29.8 Å². The van der Waals surface area contributed by atoms with Crippen LogP contribution in [0.3, 0.4) is 0 Å². The molecule has 1 atom stereocenters. The third-order valence-electron chi connectivity index (χ3n) is 2.80. The molecule has 19 heavy (non-hydrogen) atoms. The fourth-order valence-corrected chi connectivity index (χ4v) is 2.52. The van der Waals surface area contributed by atoms with Gasteiger partial charge in [0.25, 0.3) is 5.69 Å². The van der Waals surface area contributed by atoms with Crippen molar-refractivity contribution in [2.45, 2.75) is 6.04 Å². The maximum Gasteiger partial charge on any atom is 0.270 e. The molecule has 0 fully saturated rings. The molecule has 3 N–H and O–H groups in total. The zero-order valence-electron chi connectivity index (χ0n) is 9.61. The first kappa shape index (κ1) is 11.8. The van der Waals surface area contributed by atoms with Gasteiger partial charge >= 0.3 is 0 Å². The molecular weight excluding hydrogens is 266 g/mol. The van der Waals surface area contributed by atoms with Crippen molar-refractivity contribution in [2.24, 2.45) is 5.73 Å². The Bertz CT molecular complexity index is 737. The lowest BCUT2D eigenvalue weighted by molar-refractivity contribution is -0.384. The number of aromatic nitrogens is 3. The average molecular weight is 275 g/mol. The normalized spacial score (nSPS) is 12.7. The highest BCUT2D eigenvalue weighted by Crippen LogP contribution is 2.28. The van der Waals surface area contributed by atoms with E-state index >= 15 is 0 Å². The van der Waals surface area contributed by atoms with Gasteiger partial charge in [-0.05, 0) is 6.07 Å². The lowest BCUT2D eigenvalue weighted by Gasteiger charge is -2.05. The lowest BCUT2D eigenvalue weighted by atomic mass is 10.1. The Labute approximate surface area is 111 Å². The number of nitrogens with one attached hydrogen (secondary N) is 1. The molecular formula is C11H9N5O2S. The second-order valence-corrected chi connectivity index (χ2v) is 4.87. The SMILES string of the molecule is NC(c1nccs1)c1n[nH]c2ccc([N+](=O)[O-])cc12. The van der Waals surface area contributed by atoms with Gasteiger partial charge in [0.1, 0.15) is 11.0 Å².